The molecule has 0 aliphatic heterocycles. The second kappa shape index (κ2) is 6.95. The number of hydrogen-bond acceptors (Lipinski definition) is 4. The standard InChI is InChI=1S/C15H13NO5S/c17-15(18)13-5-1-11(2-6-13)9-22(21)10-12-3-7-14(8-4-12)16(19)20/h1-8H,9-10H2,(H,17,18). The Bertz CT molecular complexity index is 648. The number of nitrogens with zero attached hydrogens (tertiary/aromatic N) is 1. The summed E-state index contributed by atoms with van der Waals surface area (Å²) in [6.45, 7) is 0. The van der Waals surface area contributed by atoms with Gasteiger partial charge in [0.1, 0.15) is 0 Å². The summed E-state index contributed by atoms with van der Waals surface area (Å²) in [5.74, 6) is -0.409. The first-order chi connectivity index (χ1) is 10.5. The summed E-state index contributed by atoms with van der Waals surface area (Å²) in [4.78, 5) is 20.8. The average Bonchev–Trinajstić information content (AvgIpc) is 2.48. The van der Waals surface area contributed by atoms with Gasteiger partial charge in [-0.1, -0.05) is 24.3 Å². The molecule has 1 atom stereocenters. The Hall–Kier alpha value is -2.54. The quantitative estimate of drug-likeness (QED) is 0.652. The zero-order valence-electron chi connectivity index (χ0n) is 11.5. The number of carbonyl (C=O) groups is 1. The lowest BCUT2D eigenvalue weighted by Gasteiger charge is -2.04. The average molecular weight is 319 g/mol. The third-order valence-corrected chi connectivity index (χ3v) is 4.31. The minimum Gasteiger partial charge on any atom is -0.478 e. The van der Waals surface area contributed by atoms with Crippen molar-refractivity contribution in [1.29, 1.82) is 0 Å². The maximum absolute atomic E-state index is 12.1. The summed E-state index contributed by atoms with van der Waals surface area (Å²) in [5, 5.41) is 19.4. The van der Waals surface area contributed by atoms with Crippen LogP contribution in [0.4, 0.5) is 5.69 Å². The van der Waals surface area contributed by atoms with Gasteiger partial charge in [0.25, 0.3) is 5.69 Å². The van der Waals surface area contributed by atoms with Crippen molar-refractivity contribution < 1.29 is 19.0 Å². The van der Waals surface area contributed by atoms with E-state index in [-0.39, 0.29) is 11.3 Å². The summed E-state index contributed by atoms with van der Waals surface area (Å²) in [6, 6.07) is 12.2. The van der Waals surface area contributed by atoms with Crippen LogP contribution in [0.3, 0.4) is 0 Å². The fourth-order valence-corrected chi connectivity index (χ4v) is 3.11. The number of nitro groups is 1. The van der Waals surface area contributed by atoms with E-state index >= 15 is 0 Å². The maximum atomic E-state index is 12.1. The highest BCUT2D eigenvalue weighted by molar-refractivity contribution is 7.83. The van der Waals surface area contributed by atoms with E-state index in [1.54, 1.807) is 24.3 Å². The van der Waals surface area contributed by atoms with Crippen molar-refractivity contribution in [3.63, 3.8) is 0 Å². The molecule has 1 unspecified atom stereocenters. The smallest absolute Gasteiger partial charge is 0.335 e. The van der Waals surface area contributed by atoms with E-state index in [1.807, 2.05) is 0 Å². The fourth-order valence-electron chi connectivity index (χ4n) is 1.88. The van der Waals surface area contributed by atoms with Crippen molar-refractivity contribution in [3.05, 3.63) is 75.3 Å². The molecule has 2 aromatic carbocycles. The lowest BCUT2D eigenvalue weighted by molar-refractivity contribution is -0.384. The molecule has 0 aromatic heterocycles. The molecule has 0 bridgehead atoms. The van der Waals surface area contributed by atoms with Crippen LogP contribution in [0.1, 0.15) is 21.5 Å². The first-order valence-electron chi connectivity index (χ1n) is 6.36. The molecule has 1 N–H and O–H groups in total. The number of non-ortho nitro benzene ring substituents is 1. The SMILES string of the molecule is O=C(O)c1ccc(CS(=O)Cc2ccc([N+](=O)[O-])cc2)cc1. The van der Waals surface area contributed by atoms with Crippen LogP contribution in [0.15, 0.2) is 48.5 Å². The van der Waals surface area contributed by atoms with Crippen LogP contribution in [0.25, 0.3) is 0 Å². The minimum absolute atomic E-state index is 0.00112. The monoisotopic (exact) mass is 319 g/mol. The Morgan fingerprint density at radius 2 is 1.45 bits per heavy atom. The first kappa shape index (κ1) is 15.8. The number of rotatable bonds is 6. The van der Waals surface area contributed by atoms with Crippen molar-refractivity contribution in [1.82, 2.24) is 0 Å². The summed E-state index contributed by atoms with van der Waals surface area (Å²) < 4.78 is 12.1. The summed E-state index contributed by atoms with van der Waals surface area (Å²) in [6.07, 6.45) is 0. The first-order valence-corrected chi connectivity index (χ1v) is 7.85. The molecule has 0 spiro atoms. The summed E-state index contributed by atoms with van der Waals surface area (Å²) in [7, 11) is -1.17. The predicted molar refractivity (Wildman–Crippen MR) is 82.0 cm³/mol. The van der Waals surface area contributed by atoms with Gasteiger partial charge < -0.3 is 5.11 Å². The molecule has 2 aromatic rings. The Morgan fingerprint density at radius 1 is 1.00 bits per heavy atom. The van der Waals surface area contributed by atoms with E-state index in [1.165, 1.54) is 24.3 Å². The van der Waals surface area contributed by atoms with Gasteiger partial charge in [0.2, 0.25) is 0 Å². The van der Waals surface area contributed by atoms with Gasteiger partial charge in [-0.05, 0) is 23.3 Å². The molecular formula is C15H13NO5S. The second-order valence-corrected chi connectivity index (χ2v) is 6.11. The Labute approximate surface area is 129 Å². The highest BCUT2D eigenvalue weighted by Gasteiger charge is 2.08. The molecule has 0 aliphatic rings. The molecule has 0 saturated heterocycles. The highest BCUT2D eigenvalue weighted by Crippen LogP contribution is 2.15. The van der Waals surface area contributed by atoms with Gasteiger partial charge in [0, 0.05) is 34.4 Å². The van der Waals surface area contributed by atoms with Crippen LogP contribution in [0.2, 0.25) is 0 Å². The number of aromatic carboxylic acids is 1. The van der Waals surface area contributed by atoms with Crippen molar-refractivity contribution >= 4 is 22.5 Å². The maximum Gasteiger partial charge on any atom is 0.335 e. The lowest BCUT2D eigenvalue weighted by Crippen LogP contribution is -2.01. The Kier molecular flexibility index (Phi) is 5.00. The third-order valence-electron chi connectivity index (χ3n) is 3.00. The normalized spacial score (nSPS) is 11.8. The van der Waals surface area contributed by atoms with Crippen molar-refractivity contribution in [2.45, 2.75) is 11.5 Å². The van der Waals surface area contributed by atoms with Gasteiger partial charge in [-0.3, -0.25) is 14.3 Å². The van der Waals surface area contributed by atoms with E-state index in [0.717, 1.165) is 11.1 Å². The van der Waals surface area contributed by atoms with E-state index in [2.05, 4.69) is 0 Å². The molecule has 22 heavy (non-hydrogen) atoms. The van der Waals surface area contributed by atoms with E-state index < -0.39 is 21.7 Å². The highest BCUT2D eigenvalue weighted by atomic mass is 32.2. The van der Waals surface area contributed by atoms with Crippen LogP contribution in [0.5, 0.6) is 0 Å². The molecule has 0 fully saturated rings. The van der Waals surface area contributed by atoms with E-state index in [4.69, 9.17) is 5.11 Å². The molecule has 7 heteroatoms. The molecule has 0 radical (unpaired) electrons. The molecule has 2 rings (SSSR count). The summed E-state index contributed by atoms with van der Waals surface area (Å²) >= 11 is 0. The van der Waals surface area contributed by atoms with Crippen LogP contribution in [-0.4, -0.2) is 20.2 Å². The van der Waals surface area contributed by atoms with E-state index in [9.17, 15) is 19.1 Å². The molecule has 0 saturated carbocycles. The molecule has 0 amide bonds. The number of carboxylic acids is 1. The predicted octanol–water partition coefficient (Wildman–Crippen LogP) is 2.74. The number of nitro benzene ring substituents is 1. The topological polar surface area (TPSA) is 97.5 Å². The van der Waals surface area contributed by atoms with Crippen molar-refractivity contribution in [2.24, 2.45) is 0 Å². The van der Waals surface area contributed by atoms with Crippen LogP contribution in [0, 0.1) is 10.1 Å². The fraction of sp³-hybridized carbons (Fsp3) is 0.133. The van der Waals surface area contributed by atoms with Gasteiger partial charge in [-0.2, -0.15) is 0 Å². The second-order valence-electron chi connectivity index (χ2n) is 4.65. The van der Waals surface area contributed by atoms with Crippen molar-refractivity contribution in [2.75, 3.05) is 0 Å². The van der Waals surface area contributed by atoms with Gasteiger partial charge in [-0.15, -0.1) is 0 Å². The minimum atomic E-state index is -1.17. The Balaban J connectivity index is 1.97. The van der Waals surface area contributed by atoms with Gasteiger partial charge in [0.15, 0.2) is 0 Å². The van der Waals surface area contributed by atoms with Crippen LogP contribution >= 0.6 is 0 Å². The van der Waals surface area contributed by atoms with E-state index in [0.29, 0.717) is 11.5 Å². The Morgan fingerprint density at radius 3 is 1.86 bits per heavy atom. The van der Waals surface area contributed by atoms with Crippen LogP contribution in [-0.2, 0) is 22.3 Å². The number of benzene rings is 2. The zero-order valence-corrected chi connectivity index (χ0v) is 12.3. The molecule has 0 heterocycles. The molecule has 114 valence electrons. The molecular weight excluding hydrogens is 306 g/mol. The van der Waals surface area contributed by atoms with Crippen molar-refractivity contribution in [3.8, 4) is 0 Å². The number of carboxylic acid groups (broad SMARTS) is 1. The summed E-state index contributed by atoms with van der Waals surface area (Å²) in [5.41, 5.74) is 1.72. The van der Waals surface area contributed by atoms with Gasteiger partial charge in [-0.25, -0.2) is 4.79 Å². The van der Waals surface area contributed by atoms with Gasteiger partial charge in [0.05, 0.1) is 10.5 Å². The molecule has 6 nitrogen and oxygen atoms in total. The lowest BCUT2D eigenvalue weighted by atomic mass is 10.1. The number of hydrogen-bond donors (Lipinski definition) is 1. The van der Waals surface area contributed by atoms with Crippen LogP contribution < -0.4 is 0 Å². The van der Waals surface area contributed by atoms with Gasteiger partial charge >= 0.3 is 5.97 Å². The molecule has 0 aliphatic carbocycles. The zero-order chi connectivity index (χ0) is 16.1. The largest absolute Gasteiger partial charge is 0.478 e. The third kappa shape index (κ3) is 4.23.